The van der Waals surface area contributed by atoms with Crippen LogP contribution in [0.5, 0.6) is 5.75 Å². The van der Waals surface area contributed by atoms with E-state index in [1.807, 2.05) is 30.3 Å². The molecule has 0 bridgehead atoms. The maximum atomic E-state index is 15.5. The molecule has 1 fully saturated rings. The Morgan fingerprint density at radius 1 is 0.471 bits per heavy atom. The number of carbonyl (C=O) groups excluding carboxylic acids is 16. The monoisotopic (exact) mass is 1930 g/mol. The number of carboxylic acid groups (broad SMARTS) is 1. The smallest absolute Gasteiger partial charge is 0.305 e. The molecule has 44 heteroatoms. The summed E-state index contributed by atoms with van der Waals surface area (Å²) in [5, 5.41) is 86.6. The number of carbonyl (C=O) groups is 17. The number of likely N-dealkylation sites (N-methyl/N-ethyl adjacent to an activating group) is 2. The van der Waals surface area contributed by atoms with Crippen LogP contribution in [-0.4, -0.2) is 279 Å². The Kier molecular flexibility index (Phi) is 43.7. The molecular formula is C94H129N23O20S. The zero-order valence-electron chi connectivity index (χ0n) is 78.6. The van der Waals surface area contributed by atoms with Crippen molar-refractivity contribution in [2.75, 3.05) is 58.4 Å². The predicted molar refractivity (Wildman–Crippen MR) is 513 cm³/mol. The minimum absolute atomic E-state index is 0.00710. The molecule has 0 spiro atoms. The Morgan fingerprint density at radius 3 is 1.42 bits per heavy atom. The standard InChI is InChI=1S/C94H129N23O20S/c1-51(2)38-66-82(127)109-69(41-56-28-32-59(33-29-56)58-22-14-11-15-23-58)84(129)106-65(27-19-37-101-94(98)99)92(137)117(9)54(7)91(136)116(8)47-76(121)104-64(26-18-36-100-93(96)97)81(126)107-67(39-52(3)4)88(133)115-79(53(5)6)90(135)113-73(48-118)89(134)114-74(80(125)103-46-75(95)120)49-138-50-77(122)105-68(40-55-20-12-10-13-21-55)83(128)110-70(42-57-30-34-61(119)35-31-57)85(130)112-72(44-78(123)124)87(132)111-71(86(131)108-66)43-60-45-102-63-25-17-16-24-62(60)63/h10-17,20-25,28-35,45,51-54,64-74,79,102,118-119H,18-19,26-27,36-44,46-50H2,1-9H3,(H2,95,120)(H,103,125)(H,104,121)(H,105,122)(H,106,129)(H,107,126)(H,108,131)(H,109,127)(H,110,128)(H,111,132)(H,112,130)(H,113,135)(H,114,134)(H,115,133)(H,123,124)(H4,96,97,100)(H4,98,99,101)/t54-,64-,65-,66-,67-,68-,69-,70-,71?,72-,73-,74-,79-/m0/s1. The van der Waals surface area contributed by atoms with Crippen molar-refractivity contribution in [3.63, 3.8) is 0 Å². The fourth-order valence-corrected chi connectivity index (χ4v) is 15.9. The zero-order valence-corrected chi connectivity index (χ0v) is 79.4. The number of aromatic amines is 1. The van der Waals surface area contributed by atoms with E-state index in [9.17, 15) is 63.3 Å². The lowest BCUT2D eigenvalue weighted by atomic mass is 9.98. The van der Waals surface area contributed by atoms with Crippen molar-refractivity contribution in [3.05, 3.63) is 162 Å². The molecule has 138 heavy (non-hydrogen) atoms. The minimum atomic E-state index is -2.08. The molecule has 1 saturated heterocycles. The molecule has 13 atom stereocenters. The third-order valence-corrected chi connectivity index (χ3v) is 23.5. The minimum Gasteiger partial charge on any atom is -0.508 e. The number of aromatic nitrogens is 1. The van der Waals surface area contributed by atoms with E-state index in [0.717, 1.165) is 20.9 Å². The molecule has 27 N–H and O–H groups in total. The number of phenolic OH excluding ortho intramolecular Hbond substituents is 1. The maximum Gasteiger partial charge on any atom is 0.305 e. The third-order valence-electron chi connectivity index (χ3n) is 22.4. The van der Waals surface area contributed by atoms with Gasteiger partial charge in [-0.1, -0.05) is 157 Å². The first-order chi connectivity index (χ1) is 65.5. The number of nitrogens with zero attached hydrogens (tertiary/aromatic N) is 2. The van der Waals surface area contributed by atoms with E-state index in [2.05, 4.69) is 84.7 Å². The molecule has 2 heterocycles. The number of fused-ring (bicyclic) bond motifs is 1. The van der Waals surface area contributed by atoms with Crippen LogP contribution in [-0.2, 0) is 107 Å². The summed E-state index contributed by atoms with van der Waals surface area (Å²) >= 11 is 0.706. The number of rotatable bonds is 28. The molecule has 746 valence electrons. The molecule has 16 amide bonds. The number of para-hydroxylation sites is 1. The van der Waals surface area contributed by atoms with E-state index >= 15 is 33.6 Å². The highest BCUT2D eigenvalue weighted by molar-refractivity contribution is 8.00. The number of benzene rings is 5. The Hall–Kier alpha value is -14.7. The number of nitrogens with one attached hydrogen (secondary N) is 18. The highest BCUT2D eigenvalue weighted by Gasteiger charge is 2.41. The van der Waals surface area contributed by atoms with Gasteiger partial charge in [-0.2, -0.15) is 0 Å². The molecular weight excluding hydrogens is 1800 g/mol. The van der Waals surface area contributed by atoms with Gasteiger partial charge < -0.3 is 127 Å². The summed E-state index contributed by atoms with van der Waals surface area (Å²) < 4.78 is 0. The number of primary amides is 1. The van der Waals surface area contributed by atoms with E-state index in [-0.39, 0.29) is 88.1 Å². The summed E-state index contributed by atoms with van der Waals surface area (Å²) in [6.45, 7) is 8.67. The molecule has 1 unspecified atom stereocenters. The van der Waals surface area contributed by atoms with Crippen LogP contribution in [0, 0.1) is 28.6 Å². The van der Waals surface area contributed by atoms with Gasteiger partial charge in [-0.3, -0.25) is 92.3 Å². The van der Waals surface area contributed by atoms with Gasteiger partial charge in [-0.15, -0.1) is 11.8 Å². The van der Waals surface area contributed by atoms with Crippen molar-refractivity contribution in [1.29, 1.82) is 10.8 Å². The summed E-state index contributed by atoms with van der Waals surface area (Å²) in [5.41, 5.74) is 20.5. The summed E-state index contributed by atoms with van der Waals surface area (Å²) in [6.07, 6.45) is -1.42. The summed E-state index contributed by atoms with van der Waals surface area (Å²) in [4.78, 5) is 252. The number of thioether (sulfide) groups is 1. The van der Waals surface area contributed by atoms with Gasteiger partial charge in [-0.05, 0) is 115 Å². The van der Waals surface area contributed by atoms with Crippen LogP contribution in [0.4, 0.5) is 0 Å². The Balaban J connectivity index is 1.33. The fraction of sp³-hybridized carbons (Fsp3) is 0.457. The average Bonchev–Trinajstić information content (AvgIpc) is 1.57. The normalized spacial score (nSPS) is 22.3. The molecule has 1 aliphatic heterocycles. The molecule has 43 nitrogen and oxygen atoms in total. The Morgan fingerprint density at radius 2 is 0.899 bits per heavy atom. The lowest BCUT2D eigenvalue weighted by Crippen LogP contribution is -2.61. The molecule has 0 radical (unpaired) electrons. The van der Waals surface area contributed by atoms with E-state index in [1.54, 1.807) is 113 Å². The van der Waals surface area contributed by atoms with Crippen LogP contribution < -0.4 is 97.0 Å². The largest absolute Gasteiger partial charge is 0.508 e. The number of aromatic hydroxyl groups is 1. The van der Waals surface area contributed by atoms with Crippen molar-refractivity contribution in [2.45, 2.75) is 198 Å². The second-order valence-corrected chi connectivity index (χ2v) is 36.0. The molecule has 0 saturated carbocycles. The number of hydrogen-bond donors (Lipinski definition) is 24. The van der Waals surface area contributed by atoms with E-state index in [0.29, 0.717) is 39.4 Å². The zero-order chi connectivity index (χ0) is 102. The topological polar surface area (TPSA) is 679 Å². The van der Waals surface area contributed by atoms with Gasteiger partial charge in [-0.25, -0.2) is 0 Å². The molecule has 1 aliphatic rings. The van der Waals surface area contributed by atoms with E-state index in [4.69, 9.17) is 28.0 Å². The Labute approximate surface area is 803 Å². The summed E-state index contributed by atoms with van der Waals surface area (Å²) in [7, 11) is 2.50. The SMILES string of the molecule is CC(C)C[C@@H]1NC(=O)C(Cc2c[nH]c3ccccc23)NC(=O)[C@H](CC(=O)O)NC(=O)[C@H](Cc2ccc(O)cc2)NC(=O)[C@H](Cc2ccccc2)NC(=O)CSC[C@@H](C(=O)NCC(N)=O)NC(=O)[C@H](CO)NC(=O)[C@H](C(C)C)NC(=O)[C@H](CC(C)C)NC(=O)[C@H](CCCNC(=N)N)NC(=O)CN(C)C(=O)[C@H](C)N(C)C(=O)[C@H](CCCNC(=N)N)NC(=O)[C@H](Cc2ccc(-c3ccccc3)cc2)NC1=O. The molecule has 1 aromatic heterocycles. The van der Waals surface area contributed by atoms with E-state index in [1.165, 1.54) is 59.1 Å². The van der Waals surface area contributed by atoms with Crippen molar-refractivity contribution >= 4 is 135 Å². The van der Waals surface area contributed by atoms with Crippen LogP contribution >= 0.6 is 11.8 Å². The number of carboxylic acids is 1. The van der Waals surface area contributed by atoms with Crippen LogP contribution in [0.1, 0.15) is 116 Å². The maximum absolute atomic E-state index is 15.5. The molecule has 7 rings (SSSR count). The van der Waals surface area contributed by atoms with Crippen LogP contribution in [0.15, 0.2) is 140 Å². The number of hydrogen-bond acceptors (Lipinski definition) is 22. The van der Waals surface area contributed by atoms with Crippen LogP contribution in [0.2, 0.25) is 0 Å². The van der Waals surface area contributed by atoms with Crippen molar-refractivity contribution in [2.24, 2.45) is 35.0 Å². The van der Waals surface area contributed by atoms with Crippen molar-refractivity contribution in [3.8, 4) is 16.9 Å². The fourth-order valence-electron chi connectivity index (χ4n) is 15.0. The second kappa shape index (κ2) is 54.7. The summed E-state index contributed by atoms with van der Waals surface area (Å²) in [6, 6.07) is 15.5. The Bertz CT molecular complexity index is 5240. The number of aliphatic carboxylic acids is 1. The first kappa shape index (κ1) is 110. The lowest BCUT2D eigenvalue weighted by Gasteiger charge is -2.32. The highest BCUT2D eigenvalue weighted by atomic mass is 32.2. The molecule has 6 aromatic rings. The first-order valence-electron chi connectivity index (χ1n) is 45.2. The van der Waals surface area contributed by atoms with Gasteiger partial charge in [0, 0.05) is 75.7 Å². The van der Waals surface area contributed by atoms with E-state index < -0.39 is 247 Å². The lowest BCUT2D eigenvalue weighted by molar-refractivity contribution is -0.146. The number of H-pyrrole nitrogens is 1. The number of aliphatic hydroxyl groups excluding tert-OH is 1. The van der Waals surface area contributed by atoms with Crippen LogP contribution in [0.25, 0.3) is 22.0 Å². The van der Waals surface area contributed by atoms with Gasteiger partial charge in [0.2, 0.25) is 94.5 Å². The average molecular weight is 1930 g/mol. The highest BCUT2D eigenvalue weighted by Crippen LogP contribution is 2.24. The van der Waals surface area contributed by atoms with Gasteiger partial charge >= 0.3 is 5.97 Å². The first-order valence-corrected chi connectivity index (χ1v) is 46.4. The second-order valence-electron chi connectivity index (χ2n) is 34.9. The number of nitrogens with two attached hydrogens (primary N) is 3. The van der Waals surface area contributed by atoms with Crippen LogP contribution in [0.3, 0.4) is 0 Å². The van der Waals surface area contributed by atoms with Crippen molar-refractivity contribution in [1.82, 2.24) is 94.5 Å². The quantitative estimate of drug-likeness (QED) is 0.0144. The number of amides is 16. The predicted octanol–water partition coefficient (Wildman–Crippen LogP) is -1.98. The van der Waals surface area contributed by atoms with Gasteiger partial charge in [0.1, 0.15) is 84.3 Å². The van der Waals surface area contributed by atoms with Crippen molar-refractivity contribution < 1.29 is 96.8 Å². The number of aliphatic hydroxyl groups is 1. The molecule has 5 aromatic carbocycles. The number of phenols is 1. The summed E-state index contributed by atoms with van der Waals surface area (Å²) in [5.74, 6) is -21.4. The number of guanidine groups is 2. The molecule has 0 aliphatic carbocycles. The van der Waals surface area contributed by atoms with Gasteiger partial charge in [0.05, 0.1) is 31.9 Å². The van der Waals surface area contributed by atoms with Gasteiger partial charge in [0.25, 0.3) is 0 Å². The third kappa shape index (κ3) is 36.2. The van der Waals surface area contributed by atoms with Gasteiger partial charge in [0.15, 0.2) is 11.9 Å².